The van der Waals surface area contributed by atoms with E-state index in [1.807, 2.05) is 18.2 Å². The van der Waals surface area contributed by atoms with Crippen LogP contribution in [0.4, 0.5) is 4.39 Å². The molecule has 2 atom stereocenters. The smallest absolute Gasteiger partial charge is 0.166 e. The van der Waals surface area contributed by atoms with E-state index in [4.69, 9.17) is 0 Å². The van der Waals surface area contributed by atoms with Crippen LogP contribution in [0, 0.1) is 11.7 Å². The van der Waals surface area contributed by atoms with E-state index in [-0.39, 0.29) is 17.5 Å². The first-order valence-electron chi connectivity index (χ1n) is 6.21. The number of hydrogen-bond acceptors (Lipinski definition) is 1. The van der Waals surface area contributed by atoms with Crippen LogP contribution in [0.2, 0.25) is 0 Å². The zero-order chi connectivity index (χ0) is 13.4. The van der Waals surface area contributed by atoms with Gasteiger partial charge in [-0.25, -0.2) is 4.39 Å². The van der Waals surface area contributed by atoms with E-state index in [2.05, 4.69) is 28.1 Å². The van der Waals surface area contributed by atoms with Gasteiger partial charge in [0.1, 0.15) is 5.82 Å². The third-order valence-corrected chi connectivity index (χ3v) is 4.17. The Labute approximate surface area is 119 Å². The normalized spacial score (nSPS) is 21.2. The van der Waals surface area contributed by atoms with Gasteiger partial charge in [-0.15, -0.1) is 0 Å². The Balaban J connectivity index is 1.78. The lowest BCUT2D eigenvalue weighted by Crippen LogP contribution is -2.03. The van der Waals surface area contributed by atoms with Crippen LogP contribution in [0.3, 0.4) is 0 Å². The molecule has 1 saturated carbocycles. The zero-order valence-corrected chi connectivity index (χ0v) is 11.7. The van der Waals surface area contributed by atoms with E-state index < -0.39 is 0 Å². The molecule has 0 aromatic heterocycles. The topological polar surface area (TPSA) is 17.1 Å². The fourth-order valence-corrected chi connectivity index (χ4v) is 2.80. The molecule has 1 fully saturated rings. The number of halogens is 2. The third-order valence-electron chi connectivity index (χ3n) is 3.56. The van der Waals surface area contributed by atoms with Gasteiger partial charge in [-0.3, -0.25) is 4.79 Å². The Bertz CT molecular complexity index is 624. The van der Waals surface area contributed by atoms with Gasteiger partial charge >= 0.3 is 0 Å². The standard InChI is InChI=1S/C16H12BrFO/c17-14-8-11(6-7-15(14)18)16(19)13-9-12(13)10-4-2-1-3-5-10/h1-8,12-13H,9H2. The van der Waals surface area contributed by atoms with Gasteiger partial charge in [0.2, 0.25) is 0 Å². The second-order valence-electron chi connectivity index (χ2n) is 4.85. The Morgan fingerprint density at radius 1 is 1.16 bits per heavy atom. The van der Waals surface area contributed by atoms with Gasteiger partial charge in [-0.1, -0.05) is 30.3 Å². The molecule has 0 aliphatic heterocycles. The molecule has 0 bridgehead atoms. The third kappa shape index (κ3) is 2.47. The van der Waals surface area contributed by atoms with E-state index in [9.17, 15) is 9.18 Å². The fourth-order valence-electron chi connectivity index (χ4n) is 2.42. The van der Waals surface area contributed by atoms with Crippen LogP contribution in [0.25, 0.3) is 0 Å². The van der Waals surface area contributed by atoms with E-state index >= 15 is 0 Å². The number of Topliss-reactive ketones (excluding diaryl/α,β-unsaturated/α-hetero) is 1. The first-order chi connectivity index (χ1) is 9.16. The summed E-state index contributed by atoms with van der Waals surface area (Å²) in [5.74, 6) is 0.124. The summed E-state index contributed by atoms with van der Waals surface area (Å²) in [5.41, 5.74) is 1.79. The van der Waals surface area contributed by atoms with Gasteiger partial charge < -0.3 is 0 Å². The highest BCUT2D eigenvalue weighted by Crippen LogP contribution is 2.49. The lowest BCUT2D eigenvalue weighted by atomic mass is 10.0. The molecule has 1 nitrogen and oxygen atoms in total. The highest BCUT2D eigenvalue weighted by Gasteiger charge is 2.43. The summed E-state index contributed by atoms with van der Waals surface area (Å²) in [6.45, 7) is 0. The van der Waals surface area contributed by atoms with Crippen molar-refractivity contribution in [1.29, 1.82) is 0 Å². The van der Waals surface area contributed by atoms with Crippen LogP contribution < -0.4 is 0 Å². The van der Waals surface area contributed by atoms with Gasteiger partial charge in [0.15, 0.2) is 5.78 Å². The van der Waals surface area contributed by atoms with Crippen LogP contribution in [-0.2, 0) is 0 Å². The van der Waals surface area contributed by atoms with Crippen LogP contribution in [-0.4, -0.2) is 5.78 Å². The van der Waals surface area contributed by atoms with Crippen molar-refractivity contribution in [3.63, 3.8) is 0 Å². The Hall–Kier alpha value is -1.48. The van der Waals surface area contributed by atoms with Crippen LogP contribution in [0.1, 0.15) is 28.3 Å². The molecule has 0 N–H and O–H groups in total. The summed E-state index contributed by atoms with van der Waals surface area (Å²) in [7, 11) is 0. The molecule has 3 heteroatoms. The first kappa shape index (κ1) is 12.5. The van der Waals surface area contributed by atoms with Crippen molar-refractivity contribution in [3.8, 4) is 0 Å². The minimum absolute atomic E-state index is 0.0414. The van der Waals surface area contributed by atoms with Crippen molar-refractivity contribution in [2.24, 2.45) is 5.92 Å². The summed E-state index contributed by atoms with van der Waals surface area (Å²) in [6.07, 6.45) is 0.887. The maximum absolute atomic E-state index is 13.2. The lowest BCUT2D eigenvalue weighted by molar-refractivity contribution is 0.0965. The van der Waals surface area contributed by atoms with Crippen LogP contribution in [0.15, 0.2) is 53.0 Å². The van der Waals surface area contributed by atoms with Gasteiger partial charge in [0, 0.05) is 11.5 Å². The number of ketones is 1. The summed E-state index contributed by atoms with van der Waals surface area (Å²) in [5, 5.41) is 0. The fraction of sp³-hybridized carbons (Fsp3) is 0.188. The molecule has 1 aliphatic rings. The first-order valence-corrected chi connectivity index (χ1v) is 7.00. The number of benzene rings is 2. The molecule has 96 valence electrons. The predicted octanol–water partition coefficient (Wildman–Crippen LogP) is 4.57. The van der Waals surface area contributed by atoms with E-state index in [0.717, 1.165) is 6.42 Å². The van der Waals surface area contributed by atoms with Gasteiger partial charge in [-0.2, -0.15) is 0 Å². The van der Waals surface area contributed by atoms with Crippen LogP contribution in [0.5, 0.6) is 0 Å². The second kappa shape index (κ2) is 4.89. The molecular weight excluding hydrogens is 307 g/mol. The second-order valence-corrected chi connectivity index (χ2v) is 5.71. The SMILES string of the molecule is O=C(c1ccc(F)c(Br)c1)C1CC1c1ccccc1. The molecule has 19 heavy (non-hydrogen) atoms. The Morgan fingerprint density at radius 2 is 1.89 bits per heavy atom. The molecule has 2 aromatic carbocycles. The molecule has 0 heterocycles. The summed E-state index contributed by atoms with van der Waals surface area (Å²) < 4.78 is 13.5. The molecule has 2 aromatic rings. The maximum atomic E-state index is 13.2. The highest BCUT2D eigenvalue weighted by atomic mass is 79.9. The number of carbonyl (C=O) groups excluding carboxylic acids is 1. The van der Waals surface area contributed by atoms with Gasteiger partial charge in [-0.05, 0) is 52.0 Å². The molecule has 3 rings (SSSR count). The van der Waals surface area contributed by atoms with E-state index in [0.29, 0.717) is 16.0 Å². The maximum Gasteiger partial charge on any atom is 0.166 e. The summed E-state index contributed by atoms with van der Waals surface area (Å²) >= 11 is 3.12. The highest BCUT2D eigenvalue weighted by molar-refractivity contribution is 9.10. The number of rotatable bonds is 3. The predicted molar refractivity (Wildman–Crippen MR) is 75.7 cm³/mol. The minimum Gasteiger partial charge on any atom is -0.294 e. The van der Waals surface area contributed by atoms with Gasteiger partial charge in [0.25, 0.3) is 0 Å². The van der Waals surface area contributed by atoms with Crippen molar-refractivity contribution in [2.75, 3.05) is 0 Å². The molecule has 0 saturated heterocycles. The summed E-state index contributed by atoms with van der Waals surface area (Å²) in [6, 6.07) is 14.5. The zero-order valence-electron chi connectivity index (χ0n) is 10.1. The van der Waals surface area contributed by atoms with Crippen LogP contribution >= 0.6 is 15.9 Å². The number of carbonyl (C=O) groups is 1. The quantitative estimate of drug-likeness (QED) is 0.757. The van der Waals surface area contributed by atoms with E-state index in [1.54, 1.807) is 12.1 Å². The minimum atomic E-state index is -0.341. The molecular formula is C16H12BrFO. The largest absolute Gasteiger partial charge is 0.294 e. The van der Waals surface area contributed by atoms with Crippen molar-refractivity contribution in [3.05, 3.63) is 69.9 Å². The molecule has 0 spiro atoms. The van der Waals surface area contributed by atoms with Crippen molar-refractivity contribution >= 4 is 21.7 Å². The molecule has 0 amide bonds. The van der Waals surface area contributed by atoms with Crippen molar-refractivity contribution < 1.29 is 9.18 Å². The molecule has 1 aliphatic carbocycles. The van der Waals surface area contributed by atoms with Crippen molar-refractivity contribution in [2.45, 2.75) is 12.3 Å². The molecule has 0 radical (unpaired) electrons. The number of hydrogen-bond donors (Lipinski definition) is 0. The Kier molecular flexibility index (Phi) is 3.23. The average molecular weight is 319 g/mol. The average Bonchev–Trinajstić information content (AvgIpc) is 3.22. The lowest BCUT2D eigenvalue weighted by Gasteiger charge is -2.02. The van der Waals surface area contributed by atoms with Crippen molar-refractivity contribution in [1.82, 2.24) is 0 Å². The van der Waals surface area contributed by atoms with Gasteiger partial charge in [0.05, 0.1) is 4.47 Å². The summed E-state index contributed by atoms with van der Waals surface area (Å²) in [4.78, 5) is 12.3. The Morgan fingerprint density at radius 3 is 2.58 bits per heavy atom. The monoisotopic (exact) mass is 318 g/mol. The molecule has 2 unspecified atom stereocenters. The van der Waals surface area contributed by atoms with E-state index in [1.165, 1.54) is 11.6 Å².